The van der Waals surface area contributed by atoms with E-state index in [1.807, 2.05) is 36.7 Å². The smallest absolute Gasteiger partial charge is 0.396 e. The monoisotopic (exact) mass is 261 g/mol. The number of nitrogens with zero attached hydrogens (tertiary/aromatic N) is 2. The van der Waals surface area contributed by atoms with Crippen LogP contribution < -0.4 is 5.32 Å². The van der Waals surface area contributed by atoms with Crippen molar-refractivity contribution in [2.45, 2.75) is 13.5 Å². The molecule has 1 N–H and O–H groups in total. The summed E-state index contributed by atoms with van der Waals surface area (Å²) < 4.78 is 6.32. The minimum absolute atomic E-state index is 0.263. The molecule has 0 aliphatic heterocycles. The minimum atomic E-state index is -0.894. The van der Waals surface area contributed by atoms with Gasteiger partial charge in [0, 0.05) is 13.6 Å². The van der Waals surface area contributed by atoms with E-state index in [-0.39, 0.29) is 6.54 Å². The molecule has 100 valence electrons. The van der Waals surface area contributed by atoms with Gasteiger partial charge in [0.25, 0.3) is 0 Å². The quantitative estimate of drug-likeness (QED) is 0.637. The molecule has 0 saturated carbocycles. The van der Waals surface area contributed by atoms with Gasteiger partial charge in [0.15, 0.2) is 0 Å². The Morgan fingerprint density at radius 3 is 2.84 bits per heavy atom. The highest BCUT2D eigenvalue weighted by molar-refractivity contribution is 6.32. The summed E-state index contributed by atoms with van der Waals surface area (Å²) in [5.74, 6) is -0.722. The van der Waals surface area contributed by atoms with E-state index >= 15 is 0 Å². The van der Waals surface area contributed by atoms with Crippen LogP contribution in [0.4, 0.5) is 0 Å². The largest absolute Gasteiger partial charge is 0.462 e. The van der Waals surface area contributed by atoms with Crippen molar-refractivity contribution in [3.8, 4) is 0 Å². The van der Waals surface area contributed by atoms with Gasteiger partial charge in [-0.25, -0.2) is 9.78 Å². The van der Waals surface area contributed by atoms with E-state index in [9.17, 15) is 9.59 Å². The molecule has 0 aliphatic carbocycles. The number of aromatic nitrogens is 2. The van der Waals surface area contributed by atoms with E-state index in [1.165, 1.54) is 7.11 Å². The van der Waals surface area contributed by atoms with Gasteiger partial charge >= 0.3 is 11.9 Å². The summed E-state index contributed by atoms with van der Waals surface area (Å²) in [6, 6.07) is 5.72. The molecule has 0 bridgehead atoms. The first-order valence-corrected chi connectivity index (χ1v) is 5.81. The molecule has 6 heteroatoms. The summed E-state index contributed by atoms with van der Waals surface area (Å²) in [5.41, 5.74) is 2.77. The van der Waals surface area contributed by atoms with Crippen LogP contribution in [0.2, 0.25) is 0 Å². The average Bonchev–Trinajstić information content (AvgIpc) is 2.70. The molecule has 0 saturated heterocycles. The Morgan fingerprint density at radius 2 is 2.16 bits per heavy atom. The Kier molecular flexibility index (Phi) is 3.50. The fraction of sp³-hybridized carbons (Fsp3) is 0.308. The number of rotatable bonds is 2. The molecule has 19 heavy (non-hydrogen) atoms. The molecule has 6 nitrogen and oxygen atoms in total. The van der Waals surface area contributed by atoms with E-state index in [1.54, 1.807) is 0 Å². The lowest BCUT2D eigenvalue weighted by Gasteiger charge is -2.04. The summed E-state index contributed by atoms with van der Waals surface area (Å²) in [5, 5.41) is 2.49. The fourth-order valence-electron chi connectivity index (χ4n) is 1.82. The van der Waals surface area contributed by atoms with E-state index in [0.29, 0.717) is 0 Å². The lowest BCUT2D eigenvalue weighted by atomic mass is 10.2. The highest BCUT2D eigenvalue weighted by Crippen LogP contribution is 2.16. The molecular weight excluding hydrogens is 246 g/mol. The van der Waals surface area contributed by atoms with Crippen LogP contribution >= 0.6 is 0 Å². The van der Waals surface area contributed by atoms with Crippen molar-refractivity contribution in [1.29, 1.82) is 0 Å². The highest BCUT2D eigenvalue weighted by atomic mass is 16.5. The molecular formula is C13H15N3O3. The third kappa shape index (κ3) is 2.57. The molecule has 2 aromatic rings. The second-order valence-electron chi connectivity index (χ2n) is 4.22. The van der Waals surface area contributed by atoms with E-state index in [4.69, 9.17) is 0 Å². The van der Waals surface area contributed by atoms with Crippen molar-refractivity contribution in [3.63, 3.8) is 0 Å². The summed E-state index contributed by atoms with van der Waals surface area (Å²) >= 11 is 0. The predicted octanol–water partition coefficient (Wildman–Crippen LogP) is 0.671. The maximum atomic E-state index is 11.3. The zero-order valence-electron chi connectivity index (χ0n) is 11.1. The van der Waals surface area contributed by atoms with Crippen LogP contribution in [0.25, 0.3) is 11.0 Å². The first-order valence-electron chi connectivity index (χ1n) is 5.81. The molecule has 1 heterocycles. The van der Waals surface area contributed by atoms with Crippen LogP contribution in [0.5, 0.6) is 0 Å². The van der Waals surface area contributed by atoms with Crippen LogP contribution in [0.15, 0.2) is 18.2 Å². The number of carbonyl (C=O) groups is 2. The van der Waals surface area contributed by atoms with Crippen molar-refractivity contribution in [2.24, 2.45) is 7.05 Å². The number of nitrogens with one attached hydrogen (secondary N) is 1. The fourth-order valence-corrected chi connectivity index (χ4v) is 1.82. The van der Waals surface area contributed by atoms with E-state index in [0.717, 1.165) is 22.4 Å². The van der Waals surface area contributed by atoms with Gasteiger partial charge in [-0.3, -0.25) is 4.79 Å². The van der Waals surface area contributed by atoms with Gasteiger partial charge < -0.3 is 14.6 Å². The van der Waals surface area contributed by atoms with Crippen LogP contribution in [-0.4, -0.2) is 28.5 Å². The van der Waals surface area contributed by atoms with Crippen molar-refractivity contribution in [3.05, 3.63) is 29.6 Å². The maximum absolute atomic E-state index is 11.3. The summed E-state index contributed by atoms with van der Waals surface area (Å²) in [7, 11) is 3.12. The van der Waals surface area contributed by atoms with Crippen molar-refractivity contribution in [1.82, 2.24) is 14.9 Å². The third-order valence-corrected chi connectivity index (χ3v) is 2.99. The molecule has 1 aromatic heterocycles. The summed E-state index contributed by atoms with van der Waals surface area (Å²) in [6.07, 6.45) is 0. The van der Waals surface area contributed by atoms with Crippen LogP contribution in [0.1, 0.15) is 11.4 Å². The molecule has 0 atom stereocenters. The number of carbonyl (C=O) groups excluding carboxylic acids is 2. The number of hydrogen-bond donors (Lipinski definition) is 1. The number of imidazole rings is 1. The van der Waals surface area contributed by atoms with Crippen molar-refractivity contribution in [2.75, 3.05) is 7.11 Å². The topological polar surface area (TPSA) is 73.2 Å². The molecule has 0 spiro atoms. The second-order valence-corrected chi connectivity index (χ2v) is 4.22. The number of esters is 1. The highest BCUT2D eigenvalue weighted by Gasteiger charge is 2.13. The molecule has 0 unspecified atom stereocenters. The molecule has 1 aromatic carbocycles. The van der Waals surface area contributed by atoms with Crippen LogP contribution in [0, 0.1) is 6.92 Å². The Morgan fingerprint density at radius 1 is 1.42 bits per heavy atom. The van der Waals surface area contributed by atoms with Gasteiger partial charge in [-0.15, -0.1) is 0 Å². The van der Waals surface area contributed by atoms with Gasteiger partial charge in [0.2, 0.25) is 0 Å². The minimum Gasteiger partial charge on any atom is -0.462 e. The van der Waals surface area contributed by atoms with Crippen molar-refractivity contribution >= 4 is 22.9 Å². The number of benzene rings is 1. The van der Waals surface area contributed by atoms with Gasteiger partial charge in [-0.05, 0) is 24.6 Å². The van der Waals surface area contributed by atoms with Crippen LogP contribution in [-0.2, 0) is 27.9 Å². The molecule has 2 rings (SSSR count). The lowest BCUT2D eigenvalue weighted by molar-refractivity contribution is -0.152. The van der Waals surface area contributed by atoms with Gasteiger partial charge in [0.05, 0.1) is 18.1 Å². The number of methoxy groups -OCH3 is 1. The molecule has 0 fully saturated rings. The standard InChI is InChI=1S/C13H15N3O3/c1-8-15-10-6-9(4-5-11(10)16(8)2)7-14-12(17)13(18)19-3/h4-6H,7H2,1-3H3,(H,14,17). The second kappa shape index (κ2) is 5.09. The number of aryl methyl sites for hydroxylation is 2. The maximum Gasteiger partial charge on any atom is 0.396 e. The SMILES string of the molecule is COC(=O)C(=O)NCc1ccc2c(c1)nc(C)n2C. The predicted molar refractivity (Wildman–Crippen MR) is 69.3 cm³/mol. The number of fused-ring (bicyclic) bond motifs is 1. The third-order valence-electron chi connectivity index (χ3n) is 2.99. The van der Waals surface area contributed by atoms with Gasteiger partial charge in [-0.2, -0.15) is 0 Å². The normalized spacial score (nSPS) is 10.5. The Labute approximate surface area is 110 Å². The molecule has 1 amide bonds. The number of ether oxygens (including phenoxy) is 1. The molecule has 0 aliphatic rings. The first kappa shape index (κ1) is 13.1. The number of amides is 1. The zero-order valence-corrected chi connectivity index (χ0v) is 11.1. The Balaban J connectivity index is 2.14. The Hall–Kier alpha value is -2.37. The van der Waals surface area contributed by atoms with Crippen molar-refractivity contribution < 1.29 is 14.3 Å². The van der Waals surface area contributed by atoms with Crippen LogP contribution in [0.3, 0.4) is 0 Å². The summed E-state index contributed by atoms with van der Waals surface area (Å²) in [4.78, 5) is 26.6. The molecule has 0 radical (unpaired) electrons. The van der Waals surface area contributed by atoms with E-state index < -0.39 is 11.9 Å². The Bertz CT molecular complexity index is 646. The zero-order chi connectivity index (χ0) is 14.0. The van der Waals surface area contributed by atoms with E-state index in [2.05, 4.69) is 15.0 Å². The van der Waals surface area contributed by atoms with Gasteiger partial charge in [0.1, 0.15) is 5.82 Å². The first-order chi connectivity index (χ1) is 9.02. The summed E-state index contributed by atoms with van der Waals surface area (Å²) in [6.45, 7) is 2.19. The van der Waals surface area contributed by atoms with Gasteiger partial charge in [-0.1, -0.05) is 6.07 Å². The lowest BCUT2D eigenvalue weighted by Crippen LogP contribution is -2.31. The number of hydrogen-bond acceptors (Lipinski definition) is 4. The average molecular weight is 261 g/mol.